The Morgan fingerprint density at radius 2 is 2.26 bits per heavy atom. The van der Waals surface area contributed by atoms with Gasteiger partial charge in [0, 0.05) is 11.6 Å². The highest BCUT2D eigenvalue weighted by atomic mass is 35.5. The van der Waals surface area contributed by atoms with Crippen LogP contribution in [0.2, 0.25) is 5.02 Å². The molecule has 19 heavy (non-hydrogen) atoms. The number of aliphatic imine (C=N–C) groups is 1. The van der Waals surface area contributed by atoms with Crippen molar-refractivity contribution in [3.8, 4) is 5.75 Å². The summed E-state index contributed by atoms with van der Waals surface area (Å²) in [5, 5.41) is 3.68. The molecule has 0 fully saturated rings. The van der Waals surface area contributed by atoms with Gasteiger partial charge >= 0.3 is 0 Å². The first-order chi connectivity index (χ1) is 9.08. The molecule has 0 aliphatic heterocycles. The minimum Gasteiger partial charge on any atom is -0.492 e. The van der Waals surface area contributed by atoms with E-state index in [-0.39, 0.29) is 0 Å². The number of hydrogen-bond acceptors (Lipinski definition) is 2. The molecule has 0 aliphatic rings. The van der Waals surface area contributed by atoms with Gasteiger partial charge < -0.3 is 15.8 Å². The molecule has 0 aromatic heterocycles. The van der Waals surface area contributed by atoms with Gasteiger partial charge in [-0.25, -0.2) is 0 Å². The largest absolute Gasteiger partial charge is 0.492 e. The number of hydrogen-bond donors (Lipinski definition) is 2. The maximum absolute atomic E-state index is 5.86. The Balaban J connectivity index is 2.16. The van der Waals surface area contributed by atoms with E-state index >= 15 is 0 Å². The molecule has 1 aromatic carbocycles. The van der Waals surface area contributed by atoms with Crippen LogP contribution in [0.4, 0.5) is 0 Å². The van der Waals surface area contributed by atoms with E-state index in [1.165, 1.54) is 0 Å². The molecule has 0 bridgehead atoms. The van der Waals surface area contributed by atoms with E-state index in [4.69, 9.17) is 22.1 Å². The Bertz CT molecular complexity index is 407. The van der Waals surface area contributed by atoms with E-state index < -0.39 is 0 Å². The van der Waals surface area contributed by atoms with Crippen molar-refractivity contribution >= 4 is 17.6 Å². The van der Waals surface area contributed by atoms with E-state index in [9.17, 15) is 0 Å². The van der Waals surface area contributed by atoms with Gasteiger partial charge in [0.2, 0.25) is 0 Å². The zero-order valence-corrected chi connectivity index (χ0v) is 12.3. The quantitative estimate of drug-likeness (QED) is 0.459. The van der Waals surface area contributed by atoms with Crippen molar-refractivity contribution in [2.75, 3.05) is 19.7 Å². The lowest BCUT2D eigenvalue weighted by atomic mass is 10.1. The molecule has 3 N–H and O–H groups in total. The minimum absolute atomic E-state index is 0.468. The van der Waals surface area contributed by atoms with Crippen molar-refractivity contribution in [1.29, 1.82) is 0 Å². The molecule has 0 spiro atoms. The first-order valence-electron chi connectivity index (χ1n) is 6.50. The topological polar surface area (TPSA) is 59.6 Å². The van der Waals surface area contributed by atoms with Crippen LogP contribution in [0.1, 0.15) is 20.3 Å². The summed E-state index contributed by atoms with van der Waals surface area (Å²) in [6, 6.07) is 7.31. The molecule has 0 amide bonds. The fourth-order valence-corrected chi connectivity index (χ4v) is 1.58. The van der Waals surface area contributed by atoms with Crippen molar-refractivity contribution in [2.24, 2.45) is 16.6 Å². The molecule has 0 saturated carbocycles. The predicted molar refractivity (Wildman–Crippen MR) is 80.9 cm³/mol. The molecule has 0 aliphatic carbocycles. The standard InChI is InChI=1S/C14H22ClN3O/c1-11(2)6-7-17-14(16)18-8-9-19-13-5-3-4-12(15)10-13/h3-5,10-11H,6-9H2,1-2H3,(H3,16,17,18). The first kappa shape index (κ1) is 15.6. The Labute approximate surface area is 120 Å². The lowest BCUT2D eigenvalue weighted by Gasteiger charge is -2.08. The zero-order chi connectivity index (χ0) is 14.1. The first-order valence-corrected chi connectivity index (χ1v) is 6.88. The highest BCUT2D eigenvalue weighted by molar-refractivity contribution is 6.30. The van der Waals surface area contributed by atoms with Gasteiger partial charge in [0.05, 0.1) is 6.54 Å². The molecular weight excluding hydrogens is 262 g/mol. The van der Waals surface area contributed by atoms with E-state index in [1.54, 1.807) is 6.07 Å². The number of nitrogens with two attached hydrogens (primary N) is 1. The maximum Gasteiger partial charge on any atom is 0.188 e. The molecule has 0 radical (unpaired) electrons. The number of nitrogens with one attached hydrogen (secondary N) is 1. The molecule has 0 atom stereocenters. The summed E-state index contributed by atoms with van der Waals surface area (Å²) in [6.45, 7) is 6.21. The highest BCUT2D eigenvalue weighted by Gasteiger charge is 1.96. The second-order valence-corrected chi connectivity index (χ2v) is 5.12. The molecule has 0 unspecified atom stereocenters. The molecule has 106 valence electrons. The predicted octanol–water partition coefficient (Wildman–Crippen LogP) is 2.67. The third-order valence-electron chi connectivity index (χ3n) is 2.46. The van der Waals surface area contributed by atoms with E-state index in [1.807, 2.05) is 18.2 Å². The van der Waals surface area contributed by atoms with Crippen molar-refractivity contribution in [3.63, 3.8) is 0 Å². The van der Waals surface area contributed by atoms with Crippen molar-refractivity contribution in [1.82, 2.24) is 5.32 Å². The maximum atomic E-state index is 5.86. The molecule has 1 rings (SSSR count). The van der Waals surface area contributed by atoms with Crippen LogP contribution < -0.4 is 15.8 Å². The lowest BCUT2D eigenvalue weighted by molar-refractivity contribution is 0.322. The number of nitrogens with zero attached hydrogens (tertiary/aromatic N) is 1. The van der Waals surface area contributed by atoms with Gasteiger partial charge in [-0.05, 0) is 30.5 Å². The number of guanidine groups is 1. The second kappa shape index (κ2) is 8.64. The average molecular weight is 284 g/mol. The van der Waals surface area contributed by atoms with Crippen LogP contribution in [0.5, 0.6) is 5.75 Å². The van der Waals surface area contributed by atoms with Crippen LogP contribution in [-0.4, -0.2) is 25.7 Å². The van der Waals surface area contributed by atoms with Crippen LogP contribution >= 0.6 is 11.6 Å². The van der Waals surface area contributed by atoms with Gasteiger partial charge in [-0.1, -0.05) is 31.5 Å². The van der Waals surface area contributed by atoms with Crippen LogP contribution in [0, 0.1) is 5.92 Å². The normalized spacial score (nSPS) is 11.7. The number of benzene rings is 1. The average Bonchev–Trinajstić information content (AvgIpc) is 2.34. The molecule has 5 heteroatoms. The minimum atomic E-state index is 0.468. The highest BCUT2D eigenvalue weighted by Crippen LogP contribution is 2.16. The molecule has 1 aromatic rings. The number of ether oxygens (including phenoxy) is 1. The summed E-state index contributed by atoms with van der Waals surface area (Å²) in [6.07, 6.45) is 1.04. The third kappa shape index (κ3) is 7.57. The van der Waals surface area contributed by atoms with E-state index in [2.05, 4.69) is 24.2 Å². The molecular formula is C14H22ClN3O. The second-order valence-electron chi connectivity index (χ2n) is 4.68. The zero-order valence-electron chi connectivity index (χ0n) is 11.5. The van der Waals surface area contributed by atoms with Crippen molar-refractivity contribution in [3.05, 3.63) is 29.3 Å². The fraction of sp³-hybridized carbons (Fsp3) is 0.500. The van der Waals surface area contributed by atoms with Crippen LogP contribution in [0.3, 0.4) is 0 Å². The fourth-order valence-electron chi connectivity index (χ4n) is 1.40. The molecule has 0 saturated heterocycles. The summed E-state index contributed by atoms with van der Waals surface area (Å²) < 4.78 is 5.52. The van der Waals surface area contributed by atoms with E-state index in [0.29, 0.717) is 30.1 Å². The molecule has 0 heterocycles. The van der Waals surface area contributed by atoms with Gasteiger partial charge in [-0.2, -0.15) is 0 Å². The summed E-state index contributed by atoms with van der Waals surface area (Å²) in [4.78, 5) is 4.23. The number of rotatable bonds is 7. The summed E-state index contributed by atoms with van der Waals surface area (Å²) in [5.74, 6) is 1.86. The Hall–Kier alpha value is -1.42. The van der Waals surface area contributed by atoms with Gasteiger partial charge in [-0.3, -0.25) is 4.99 Å². The van der Waals surface area contributed by atoms with Crippen LogP contribution in [0.15, 0.2) is 29.3 Å². The van der Waals surface area contributed by atoms with E-state index in [0.717, 1.165) is 18.7 Å². The Morgan fingerprint density at radius 3 is 2.95 bits per heavy atom. The van der Waals surface area contributed by atoms with Crippen molar-refractivity contribution < 1.29 is 4.74 Å². The van der Waals surface area contributed by atoms with Gasteiger partial charge in [0.15, 0.2) is 5.96 Å². The monoisotopic (exact) mass is 283 g/mol. The summed E-state index contributed by atoms with van der Waals surface area (Å²) in [5.41, 5.74) is 5.73. The SMILES string of the molecule is CC(C)CCN=C(N)NCCOc1cccc(Cl)c1. The van der Waals surface area contributed by atoms with Gasteiger partial charge in [0.25, 0.3) is 0 Å². The summed E-state index contributed by atoms with van der Waals surface area (Å²) in [7, 11) is 0. The van der Waals surface area contributed by atoms with Gasteiger partial charge in [-0.15, -0.1) is 0 Å². The summed E-state index contributed by atoms with van der Waals surface area (Å²) >= 11 is 5.86. The smallest absolute Gasteiger partial charge is 0.188 e. The van der Waals surface area contributed by atoms with Gasteiger partial charge in [0.1, 0.15) is 12.4 Å². The molecule has 4 nitrogen and oxygen atoms in total. The number of halogens is 1. The lowest BCUT2D eigenvalue weighted by Crippen LogP contribution is -2.34. The Kier molecular flexibility index (Phi) is 7.11. The Morgan fingerprint density at radius 1 is 1.47 bits per heavy atom. The van der Waals surface area contributed by atoms with Crippen LogP contribution in [0.25, 0.3) is 0 Å². The van der Waals surface area contributed by atoms with Crippen molar-refractivity contribution in [2.45, 2.75) is 20.3 Å². The third-order valence-corrected chi connectivity index (χ3v) is 2.70. The van der Waals surface area contributed by atoms with Crippen LogP contribution in [-0.2, 0) is 0 Å².